The van der Waals surface area contributed by atoms with Gasteiger partial charge in [0.25, 0.3) is 5.79 Å². The molecule has 2 aliphatic heterocycles. The van der Waals surface area contributed by atoms with Crippen LogP contribution in [0.3, 0.4) is 0 Å². The summed E-state index contributed by atoms with van der Waals surface area (Å²) in [5.41, 5.74) is -0.537. The van der Waals surface area contributed by atoms with Crippen molar-refractivity contribution < 1.29 is 38.4 Å². The maximum absolute atomic E-state index is 11.7. The molecule has 0 amide bonds. The first-order valence-electron chi connectivity index (χ1n) is 7.36. The Labute approximate surface area is 144 Å². The lowest BCUT2D eigenvalue weighted by Gasteiger charge is -2.38. The van der Waals surface area contributed by atoms with Gasteiger partial charge in [-0.1, -0.05) is 18.2 Å². The van der Waals surface area contributed by atoms with E-state index < -0.39 is 35.4 Å². The van der Waals surface area contributed by atoms with Gasteiger partial charge in [0.05, 0.1) is 11.5 Å². The molecule has 1 fully saturated rings. The summed E-state index contributed by atoms with van der Waals surface area (Å²) in [6.45, 7) is 5.77. The Morgan fingerprint density at radius 1 is 0.760 bits per heavy atom. The van der Waals surface area contributed by atoms with E-state index in [-0.39, 0.29) is 11.1 Å². The molecule has 2 rings (SSSR count). The zero-order chi connectivity index (χ0) is 18.8. The first-order valence-corrected chi connectivity index (χ1v) is 7.36. The fourth-order valence-electron chi connectivity index (χ4n) is 1.96. The van der Waals surface area contributed by atoms with Crippen molar-refractivity contribution in [3.05, 3.63) is 47.5 Å². The highest BCUT2D eigenvalue weighted by Crippen LogP contribution is 2.24. The minimum Gasteiger partial charge on any atom is -0.575 e. The van der Waals surface area contributed by atoms with E-state index in [2.05, 4.69) is 0 Å². The number of allylic oxidation sites excluding steroid dienone is 4. The zero-order valence-electron chi connectivity index (χ0n) is 14.2. The first-order chi connectivity index (χ1) is 11.5. The van der Waals surface area contributed by atoms with Crippen molar-refractivity contribution in [3.63, 3.8) is 0 Å². The van der Waals surface area contributed by atoms with Gasteiger partial charge in [-0.2, -0.15) is 0 Å². The van der Waals surface area contributed by atoms with Crippen LogP contribution in [0, 0.1) is 0 Å². The molecular weight excluding hydrogens is 332 g/mol. The van der Waals surface area contributed by atoms with E-state index in [4.69, 9.17) is 18.9 Å². The lowest BCUT2D eigenvalue weighted by molar-refractivity contribution is -0.393. The molecule has 0 N–H and O–H groups in total. The molecular formula is C17H17O8-. The molecule has 0 radical (unpaired) electrons. The van der Waals surface area contributed by atoms with E-state index in [1.54, 1.807) is 0 Å². The molecule has 0 atom stereocenters. The number of hydrogen-bond donors (Lipinski definition) is 0. The van der Waals surface area contributed by atoms with Crippen LogP contribution >= 0.6 is 0 Å². The molecule has 2 heterocycles. The Hall–Kier alpha value is -3.03. The summed E-state index contributed by atoms with van der Waals surface area (Å²) in [7, 11) is 0. The van der Waals surface area contributed by atoms with E-state index in [9.17, 15) is 19.5 Å². The van der Waals surface area contributed by atoms with E-state index in [0.717, 1.165) is 0 Å². The fourth-order valence-corrected chi connectivity index (χ4v) is 1.96. The zero-order valence-corrected chi connectivity index (χ0v) is 14.2. The lowest BCUT2D eigenvalue weighted by Crippen LogP contribution is -2.41. The summed E-state index contributed by atoms with van der Waals surface area (Å²) in [5.74, 6) is -5.81. The van der Waals surface area contributed by atoms with Gasteiger partial charge in [-0.3, -0.25) is 0 Å². The minimum absolute atomic E-state index is 0.269. The number of carbonyl (C=O) groups excluding carboxylic acids is 3. The van der Waals surface area contributed by atoms with Gasteiger partial charge in [-0.15, -0.1) is 0 Å². The van der Waals surface area contributed by atoms with Crippen LogP contribution in [0.4, 0.5) is 0 Å². The van der Waals surface area contributed by atoms with E-state index in [1.807, 2.05) is 0 Å². The molecule has 0 aromatic carbocycles. The molecule has 0 bridgehead atoms. The van der Waals surface area contributed by atoms with Gasteiger partial charge >= 0.3 is 17.9 Å². The number of ether oxygens (including phenoxy) is 4. The molecule has 8 nitrogen and oxygen atoms in total. The van der Waals surface area contributed by atoms with Crippen molar-refractivity contribution in [2.24, 2.45) is 0 Å². The van der Waals surface area contributed by atoms with E-state index in [1.165, 1.54) is 58.1 Å². The Bertz CT molecular complexity index is 712. The summed E-state index contributed by atoms with van der Waals surface area (Å²) in [6.07, 6.45) is 6.53. The van der Waals surface area contributed by atoms with Crippen LogP contribution in [0.1, 0.15) is 27.7 Å². The quantitative estimate of drug-likeness (QED) is 0.317. The predicted molar refractivity (Wildman–Crippen MR) is 80.9 cm³/mol. The summed E-state index contributed by atoms with van der Waals surface area (Å²) in [5, 5.41) is 11.7. The third-order valence-electron chi connectivity index (χ3n) is 2.98. The number of esters is 3. The predicted octanol–water partition coefficient (Wildman–Crippen LogP) is 0.743. The average Bonchev–Trinajstić information content (AvgIpc) is 2.40. The molecule has 2 aliphatic rings. The third kappa shape index (κ3) is 4.50. The highest BCUT2D eigenvalue weighted by atomic mass is 16.8. The number of carbonyl (C=O) groups is 3. The molecule has 0 unspecified atom stereocenters. The second-order valence-corrected chi connectivity index (χ2v) is 6.10. The molecule has 8 heteroatoms. The van der Waals surface area contributed by atoms with E-state index in [0.29, 0.717) is 0 Å². The summed E-state index contributed by atoms with van der Waals surface area (Å²) in [4.78, 5) is 35.1. The number of cyclic esters (lactones) is 3. The van der Waals surface area contributed by atoms with Crippen LogP contribution < -0.4 is 5.11 Å². The Kier molecular flexibility index (Phi) is 4.73. The molecule has 0 aromatic heterocycles. The standard InChI is InChI=1S/C17H18O8/c1-16(2)22-12(18)10(13(19)23-16)8-6-5-7-9-11-14(20)24-17(3,4)25-15(11)21/h5-9,18H,1-4H3/p-1/b7-5+,8-6+. The van der Waals surface area contributed by atoms with Crippen molar-refractivity contribution in [3.8, 4) is 0 Å². The topological polar surface area (TPSA) is 111 Å². The monoisotopic (exact) mass is 349 g/mol. The van der Waals surface area contributed by atoms with Gasteiger partial charge in [0.15, 0.2) is 5.79 Å². The van der Waals surface area contributed by atoms with Crippen molar-refractivity contribution in [2.45, 2.75) is 39.3 Å². The maximum Gasteiger partial charge on any atom is 0.348 e. The molecule has 134 valence electrons. The third-order valence-corrected chi connectivity index (χ3v) is 2.98. The van der Waals surface area contributed by atoms with Crippen molar-refractivity contribution in [2.75, 3.05) is 0 Å². The summed E-state index contributed by atoms with van der Waals surface area (Å²) < 4.78 is 19.7. The van der Waals surface area contributed by atoms with E-state index >= 15 is 0 Å². The molecule has 1 saturated heterocycles. The van der Waals surface area contributed by atoms with Crippen LogP contribution in [0.2, 0.25) is 0 Å². The Morgan fingerprint density at radius 2 is 1.28 bits per heavy atom. The Balaban J connectivity index is 2.06. The average molecular weight is 349 g/mol. The first kappa shape index (κ1) is 18.3. The fraction of sp³-hybridized carbons (Fsp3) is 0.353. The smallest absolute Gasteiger partial charge is 0.348 e. The molecule has 0 saturated carbocycles. The van der Waals surface area contributed by atoms with Crippen LogP contribution in [0.15, 0.2) is 47.5 Å². The minimum atomic E-state index is -1.30. The molecule has 25 heavy (non-hydrogen) atoms. The second kappa shape index (κ2) is 6.46. The summed E-state index contributed by atoms with van der Waals surface area (Å²) in [6, 6.07) is 0. The highest BCUT2D eigenvalue weighted by molar-refractivity contribution is 6.15. The van der Waals surface area contributed by atoms with Gasteiger partial charge in [-0.05, 0) is 26.0 Å². The van der Waals surface area contributed by atoms with Gasteiger partial charge in [0.1, 0.15) is 5.57 Å². The van der Waals surface area contributed by atoms with Gasteiger partial charge in [0, 0.05) is 13.8 Å². The van der Waals surface area contributed by atoms with Gasteiger partial charge < -0.3 is 24.1 Å². The van der Waals surface area contributed by atoms with Crippen LogP contribution in [-0.4, -0.2) is 29.5 Å². The second-order valence-electron chi connectivity index (χ2n) is 6.10. The SMILES string of the molecule is CC1(C)OC(=O)C(=C/C=C/C=C/C2=C([O-])OC(C)(C)OC2=O)C(=O)O1. The summed E-state index contributed by atoms with van der Waals surface area (Å²) >= 11 is 0. The number of hydrogen-bond acceptors (Lipinski definition) is 8. The normalized spacial score (nSPS) is 22.6. The highest BCUT2D eigenvalue weighted by Gasteiger charge is 2.38. The molecule has 0 spiro atoms. The van der Waals surface area contributed by atoms with Gasteiger partial charge in [0.2, 0.25) is 0 Å². The van der Waals surface area contributed by atoms with Crippen LogP contribution in [0.25, 0.3) is 0 Å². The van der Waals surface area contributed by atoms with Crippen molar-refractivity contribution in [1.29, 1.82) is 0 Å². The van der Waals surface area contributed by atoms with Crippen LogP contribution in [0.5, 0.6) is 0 Å². The molecule has 0 aliphatic carbocycles. The number of rotatable bonds is 3. The lowest BCUT2D eigenvalue weighted by atomic mass is 10.2. The van der Waals surface area contributed by atoms with Gasteiger partial charge in [-0.25, -0.2) is 14.4 Å². The molecule has 0 aromatic rings. The Morgan fingerprint density at radius 3 is 1.84 bits per heavy atom. The van der Waals surface area contributed by atoms with Crippen LogP contribution in [-0.2, 0) is 33.3 Å². The van der Waals surface area contributed by atoms with Crippen molar-refractivity contribution >= 4 is 17.9 Å². The van der Waals surface area contributed by atoms with Crippen molar-refractivity contribution in [1.82, 2.24) is 0 Å². The maximum atomic E-state index is 11.7. The largest absolute Gasteiger partial charge is 0.575 e.